The van der Waals surface area contributed by atoms with Crippen LogP contribution in [-0.4, -0.2) is 32.0 Å². The van der Waals surface area contributed by atoms with Crippen molar-refractivity contribution in [1.82, 2.24) is 5.32 Å². The lowest BCUT2D eigenvalue weighted by Crippen LogP contribution is -2.36. The number of rotatable bonds is 7. The summed E-state index contributed by atoms with van der Waals surface area (Å²) in [5.41, 5.74) is 0.734. The smallest absolute Gasteiger partial charge is 0.370 e. The first-order chi connectivity index (χ1) is 9.31. The molecule has 0 aromatic heterocycles. The fraction of sp³-hybridized carbons (Fsp3) is 0.538. The summed E-state index contributed by atoms with van der Waals surface area (Å²) in [6, 6.07) is 3.96. The SMILES string of the molecule is CCNC(COCC(F)(F)F)Cc1ccc(F)c(Cl)c1. The van der Waals surface area contributed by atoms with Gasteiger partial charge in [0, 0.05) is 6.04 Å². The van der Waals surface area contributed by atoms with E-state index < -0.39 is 18.6 Å². The van der Waals surface area contributed by atoms with E-state index in [1.165, 1.54) is 12.1 Å². The number of halogens is 5. The normalized spacial score (nSPS) is 13.5. The molecule has 1 atom stereocenters. The Hall–Kier alpha value is -0.850. The Morgan fingerprint density at radius 3 is 2.60 bits per heavy atom. The van der Waals surface area contributed by atoms with Crippen LogP contribution in [0.3, 0.4) is 0 Å². The first-order valence-electron chi connectivity index (χ1n) is 6.13. The monoisotopic (exact) mass is 313 g/mol. The number of benzene rings is 1. The first kappa shape index (κ1) is 17.2. The molecule has 0 amide bonds. The number of likely N-dealkylation sites (N-methyl/N-ethyl adjacent to an activating group) is 1. The van der Waals surface area contributed by atoms with Crippen LogP contribution in [0.25, 0.3) is 0 Å². The topological polar surface area (TPSA) is 21.3 Å². The van der Waals surface area contributed by atoms with Crippen LogP contribution in [0.2, 0.25) is 5.02 Å². The van der Waals surface area contributed by atoms with E-state index in [9.17, 15) is 17.6 Å². The summed E-state index contributed by atoms with van der Waals surface area (Å²) < 4.78 is 53.7. The highest BCUT2D eigenvalue weighted by Gasteiger charge is 2.27. The zero-order chi connectivity index (χ0) is 15.2. The summed E-state index contributed by atoms with van der Waals surface area (Å²) in [5.74, 6) is -0.524. The van der Waals surface area contributed by atoms with Crippen molar-refractivity contribution < 1.29 is 22.3 Å². The highest BCUT2D eigenvalue weighted by molar-refractivity contribution is 6.30. The number of alkyl halides is 3. The van der Waals surface area contributed by atoms with Gasteiger partial charge in [-0.25, -0.2) is 4.39 Å². The summed E-state index contributed by atoms with van der Waals surface area (Å²) in [4.78, 5) is 0. The molecule has 1 rings (SSSR count). The Morgan fingerprint density at radius 2 is 2.05 bits per heavy atom. The van der Waals surface area contributed by atoms with Crippen molar-refractivity contribution in [3.05, 3.63) is 34.6 Å². The Balaban J connectivity index is 2.55. The molecular weight excluding hydrogens is 298 g/mol. The van der Waals surface area contributed by atoms with Gasteiger partial charge >= 0.3 is 6.18 Å². The molecule has 0 spiro atoms. The number of hydrogen-bond donors (Lipinski definition) is 1. The van der Waals surface area contributed by atoms with E-state index in [2.05, 4.69) is 10.1 Å². The quantitative estimate of drug-likeness (QED) is 0.777. The molecule has 0 aliphatic rings. The van der Waals surface area contributed by atoms with Crippen molar-refractivity contribution in [2.45, 2.75) is 25.6 Å². The van der Waals surface area contributed by atoms with Crippen LogP contribution in [0.1, 0.15) is 12.5 Å². The molecule has 0 radical (unpaired) electrons. The molecule has 20 heavy (non-hydrogen) atoms. The summed E-state index contributed by atoms with van der Waals surface area (Å²) in [6.45, 7) is 1.07. The molecule has 0 bridgehead atoms. The van der Waals surface area contributed by atoms with Crippen molar-refractivity contribution in [2.24, 2.45) is 0 Å². The summed E-state index contributed by atoms with van der Waals surface area (Å²) in [6.07, 6.45) is -3.93. The van der Waals surface area contributed by atoms with Gasteiger partial charge in [-0.15, -0.1) is 0 Å². The van der Waals surface area contributed by atoms with Gasteiger partial charge in [0.2, 0.25) is 0 Å². The summed E-state index contributed by atoms with van der Waals surface area (Å²) >= 11 is 5.66. The fourth-order valence-electron chi connectivity index (χ4n) is 1.75. The molecule has 1 aromatic carbocycles. The van der Waals surface area contributed by atoms with Gasteiger partial charge in [-0.3, -0.25) is 0 Å². The predicted molar refractivity (Wildman–Crippen MR) is 69.5 cm³/mol. The Labute approximate surface area is 120 Å². The second-order valence-electron chi connectivity index (χ2n) is 4.34. The average Bonchev–Trinajstić information content (AvgIpc) is 2.32. The molecule has 7 heteroatoms. The molecule has 0 saturated carbocycles. The third kappa shape index (κ3) is 6.54. The van der Waals surface area contributed by atoms with E-state index in [-0.39, 0.29) is 17.7 Å². The molecule has 114 valence electrons. The van der Waals surface area contributed by atoms with Gasteiger partial charge in [-0.2, -0.15) is 13.2 Å². The minimum atomic E-state index is -4.34. The van der Waals surface area contributed by atoms with Gasteiger partial charge < -0.3 is 10.1 Å². The van der Waals surface area contributed by atoms with Gasteiger partial charge in [-0.05, 0) is 30.7 Å². The molecule has 1 unspecified atom stereocenters. The van der Waals surface area contributed by atoms with Crippen molar-refractivity contribution in [3.8, 4) is 0 Å². The van der Waals surface area contributed by atoms with Crippen LogP contribution in [-0.2, 0) is 11.2 Å². The number of nitrogens with one attached hydrogen (secondary N) is 1. The van der Waals surface area contributed by atoms with Gasteiger partial charge in [0.15, 0.2) is 0 Å². The van der Waals surface area contributed by atoms with Crippen molar-refractivity contribution in [1.29, 1.82) is 0 Å². The van der Waals surface area contributed by atoms with Crippen LogP contribution in [0.15, 0.2) is 18.2 Å². The van der Waals surface area contributed by atoms with E-state index in [4.69, 9.17) is 11.6 Å². The van der Waals surface area contributed by atoms with Crippen molar-refractivity contribution in [2.75, 3.05) is 19.8 Å². The lowest BCUT2D eigenvalue weighted by atomic mass is 10.1. The molecule has 2 nitrogen and oxygen atoms in total. The standard InChI is InChI=1S/C13H16ClF4NO/c1-2-19-10(7-20-8-13(16,17)18)5-9-3-4-12(15)11(14)6-9/h3-4,6,10,19H,2,5,7-8H2,1H3. The maximum atomic E-state index is 13.0. The van der Waals surface area contributed by atoms with E-state index in [1.54, 1.807) is 6.07 Å². The van der Waals surface area contributed by atoms with Gasteiger partial charge in [0.1, 0.15) is 12.4 Å². The largest absolute Gasteiger partial charge is 0.411 e. The van der Waals surface area contributed by atoms with Crippen LogP contribution >= 0.6 is 11.6 Å². The van der Waals surface area contributed by atoms with Crippen molar-refractivity contribution in [3.63, 3.8) is 0 Å². The number of ether oxygens (including phenoxy) is 1. The minimum absolute atomic E-state index is 0.00559. The third-order valence-corrected chi connectivity index (χ3v) is 2.83. The first-order valence-corrected chi connectivity index (χ1v) is 6.51. The molecular formula is C13H16ClF4NO. The van der Waals surface area contributed by atoms with Gasteiger partial charge in [0.25, 0.3) is 0 Å². The van der Waals surface area contributed by atoms with E-state index in [1.807, 2.05) is 6.92 Å². The molecule has 0 aliphatic carbocycles. The number of hydrogen-bond acceptors (Lipinski definition) is 2. The fourth-order valence-corrected chi connectivity index (χ4v) is 1.95. The third-order valence-electron chi connectivity index (χ3n) is 2.54. The molecule has 0 heterocycles. The zero-order valence-corrected chi connectivity index (χ0v) is 11.7. The van der Waals surface area contributed by atoms with Crippen molar-refractivity contribution >= 4 is 11.6 Å². The van der Waals surface area contributed by atoms with E-state index in [0.29, 0.717) is 13.0 Å². The molecule has 0 fully saturated rings. The Kier molecular flexibility index (Phi) is 6.71. The van der Waals surface area contributed by atoms with Crippen LogP contribution < -0.4 is 5.32 Å². The Morgan fingerprint density at radius 1 is 1.35 bits per heavy atom. The highest BCUT2D eigenvalue weighted by atomic mass is 35.5. The second-order valence-corrected chi connectivity index (χ2v) is 4.74. The van der Waals surface area contributed by atoms with E-state index in [0.717, 1.165) is 5.56 Å². The van der Waals surface area contributed by atoms with Crippen LogP contribution in [0.4, 0.5) is 17.6 Å². The van der Waals surface area contributed by atoms with Crippen LogP contribution in [0.5, 0.6) is 0 Å². The summed E-state index contributed by atoms with van der Waals surface area (Å²) in [5, 5.41) is 3.02. The summed E-state index contributed by atoms with van der Waals surface area (Å²) in [7, 11) is 0. The predicted octanol–water partition coefficient (Wildman–Crippen LogP) is 3.58. The average molecular weight is 314 g/mol. The van der Waals surface area contributed by atoms with Gasteiger partial charge in [-0.1, -0.05) is 24.6 Å². The lowest BCUT2D eigenvalue weighted by molar-refractivity contribution is -0.175. The minimum Gasteiger partial charge on any atom is -0.370 e. The van der Waals surface area contributed by atoms with Gasteiger partial charge in [0.05, 0.1) is 11.6 Å². The maximum Gasteiger partial charge on any atom is 0.411 e. The molecule has 1 aromatic rings. The second kappa shape index (κ2) is 7.81. The lowest BCUT2D eigenvalue weighted by Gasteiger charge is -2.19. The molecule has 0 saturated heterocycles. The maximum absolute atomic E-state index is 13.0. The molecule has 1 N–H and O–H groups in total. The highest BCUT2D eigenvalue weighted by Crippen LogP contribution is 2.18. The van der Waals surface area contributed by atoms with Crippen LogP contribution in [0, 0.1) is 5.82 Å². The zero-order valence-electron chi connectivity index (χ0n) is 10.9. The Bertz CT molecular complexity index is 425. The van der Waals surface area contributed by atoms with E-state index >= 15 is 0 Å². The molecule has 0 aliphatic heterocycles.